The summed E-state index contributed by atoms with van der Waals surface area (Å²) < 4.78 is 15.7. The fourth-order valence-corrected chi connectivity index (χ4v) is 5.38. The van der Waals surface area contributed by atoms with Crippen molar-refractivity contribution in [2.24, 2.45) is 0 Å². The highest BCUT2D eigenvalue weighted by atomic mass is 16.6. The van der Waals surface area contributed by atoms with E-state index in [0.717, 1.165) is 31.3 Å². The molecule has 0 spiro atoms. The molecule has 0 unspecified atom stereocenters. The zero-order valence-electron chi connectivity index (χ0n) is 25.3. The van der Waals surface area contributed by atoms with E-state index in [1.807, 2.05) is 4.90 Å². The second kappa shape index (κ2) is 16.1. The molecule has 5 N–H and O–H groups in total. The molecule has 3 amide bonds. The number of morpholine rings is 1. The fourth-order valence-electron chi connectivity index (χ4n) is 5.38. The highest BCUT2D eigenvalue weighted by molar-refractivity contribution is 5.97. The number of aliphatic hydroxyl groups excluding tert-OH is 2. The number of Topliss-reactive ketones (excluding diaryl/α,β-unsaturated/α-hetero) is 1. The Labute approximate surface area is 257 Å². The van der Waals surface area contributed by atoms with E-state index in [2.05, 4.69) is 22.0 Å². The van der Waals surface area contributed by atoms with Gasteiger partial charge in [0.1, 0.15) is 30.0 Å². The number of epoxide rings is 1. The third kappa shape index (κ3) is 9.57. The lowest BCUT2D eigenvalue weighted by molar-refractivity contribution is -0.137. The smallest absolute Gasteiger partial charge is 0.246 e. The number of aliphatic hydroxyl groups is 2. The van der Waals surface area contributed by atoms with Crippen LogP contribution >= 0.6 is 0 Å². The first-order valence-corrected chi connectivity index (χ1v) is 15.2. The van der Waals surface area contributed by atoms with Crippen LogP contribution in [0.25, 0.3) is 0 Å². The number of ketones is 1. The molecule has 0 bridgehead atoms. The van der Waals surface area contributed by atoms with Gasteiger partial charge in [-0.05, 0) is 56.7 Å². The number of nitrogens with one attached hydrogen (secondary N) is 3. The van der Waals surface area contributed by atoms with E-state index in [9.17, 15) is 29.4 Å². The maximum Gasteiger partial charge on any atom is 0.246 e. The number of hydrogen-bond donors (Lipinski definition) is 5. The normalized spacial score (nSPS) is 21.9. The van der Waals surface area contributed by atoms with Crippen LogP contribution in [0.1, 0.15) is 50.7 Å². The summed E-state index contributed by atoms with van der Waals surface area (Å²) in [5.41, 5.74) is 1.36. The number of allylic oxidation sites excluding steroid dienone is 1. The lowest BCUT2D eigenvalue weighted by Crippen LogP contribution is -2.60. The molecule has 1 aromatic rings. The van der Waals surface area contributed by atoms with Crippen LogP contribution in [-0.4, -0.2) is 116 Å². The summed E-state index contributed by atoms with van der Waals surface area (Å²) in [6.07, 6.45) is 2.71. The third-order valence-electron chi connectivity index (χ3n) is 8.07. The second-order valence-corrected chi connectivity index (χ2v) is 11.5. The number of methoxy groups -OCH3 is 1. The summed E-state index contributed by atoms with van der Waals surface area (Å²) in [4.78, 5) is 55.1. The molecule has 0 radical (unpaired) electrons. The molecule has 44 heavy (non-hydrogen) atoms. The van der Waals surface area contributed by atoms with E-state index in [-0.39, 0.29) is 18.9 Å². The Morgan fingerprint density at radius 1 is 1.00 bits per heavy atom. The third-order valence-corrected chi connectivity index (χ3v) is 8.07. The number of nitrogens with zero attached hydrogens (tertiary/aromatic N) is 1. The van der Waals surface area contributed by atoms with Gasteiger partial charge in [0.05, 0.1) is 45.6 Å². The van der Waals surface area contributed by atoms with E-state index in [0.29, 0.717) is 44.0 Å². The van der Waals surface area contributed by atoms with Gasteiger partial charge in [0, 0.05) is 13.1 Å². The molecule has 1 aromatic carbocycles. The highest BCUT2D eigenvalue weighted by Crippen LogP contribution is 2.25. The summed E-state index contributed by atoms with van der Waals surface area (Å²) in [7, 11) is 1.49. The van der Waals surface area contributed by atoms with E-state index < -0.39 is 54.2 Å². The van der Waals surface area contributed by atoms with Crippen molar-refractivity contribution in [3.8, 4) is 5.75 Å². The van der Waals surface area contributed by atoms with Gasteiger partial charge in [0.25, 0.3) is 0 Å². The number of carbonyl (C=O) groups excluding carboxylic acids is 4. The van der Waals surface area contributed by atoms with Crippen molar-refractivity contribution >= 4 is 23.5 Å². The Kier molecular flexibility index (Phi) is 12.3. The van der Waals surface area contributed by atoms with Crippen molar-refractivity contribution in [1.82, 2.24) is 20.9 Å². The SMILES string of the molecule is COc1ccc([C@@H](O)[C@H](NC(=O)[C@@H](NC(=O)CN2CCOCC2)[C@@H](C)O)C(=O)N[C@@H](CC2=CCCCC2)C(=O)[C@H]2CO2)cc1. The minimum atomic E-state index is -1.57. The molecule has 242 valence electrons. The molecule has 1 aliphatic carbocycles. The lowest BCUT2D eigenvalue weighted by Gasteiger charge is -2.30. The zero-order valence-corrected chi connectivity index (χ0v) is 25.3. The summed E-state index contributed by atoms with van der Waals surface area (Å²) >= 11 is 0. The number of benzene rings is 1. The number of rotatable bonds is 15. The van der Waals surface area contributed by atoms with Crippen molar-refractivity contribution in [1.29, 1.82) is 0 Å². The molecule has 3 aliphatic rings. The van der Waals surface area contributed by atoms with E-state index in [1.54, 1.807) is 24.3 Å². The van der Waals surface area contributed by atoms with Crippen LogP contribution in [0.4, 0.5) is 0 Å². The fraction of sp³-hybridized carbons (Fsp3) is 0.613. The maximum atomic E-state index is 13.8. The zero-order chi connectivity index (χ0) is 31.6. The number of ether oxygens (including phenoxy) is 3. The van der Waals surface area contributed by atoms with Gasteiger partial charge in [-0.2, -0.15) is 0 Å². The van der Waals surface area contributed by atoms with Crippen LogP contribution in [-0.2, 0) is 28.7 Å². The average molecular weight is 617 g/mol. The van der Waals surface area contributed by atoms with Crippen LogP contribution in [0.3, 0.4) is 0 Å². The monoisotopic (exact) mass is 616 g/mol. The van der Waals surface area contributed by atoms with Crippen LogP contribution in [0.15, 0.2) is 35.9 Å². The number of carbonyl (C=O) groups is 4. The summed E-state index contributed by atoms with van der Waals surface area (Å²) in [5.74, 6) is -1.89. The van der Waals surface area contributed by atoms with Gasteiger partial charge in [-0.1, -0.05) is 23.8 Å². The minimum Gasteiger partial charge on any atom is -0.497 e. The van der Waals surface area contributed by atoms with Gasteiger partial charge in [0.15, 0.2) is 5.78 Å². The van der Waals surface area contributed by atoms with Crippen molar-refractivity contribution in [2.45, 2.75) is 75.5 Å². The summed E-state index contributed by atoms with van der Waals surface area (Å²) in [5, 5.41) is 29.6. The molecule has 0 saturated carbocycles. The number of amides is 3. The molecule has 2 fully saturated rings. The second-order valence-electron chi connectivity index (χ2n) is 11.5. The first kappa shape index (κ1) is 33.5. The lowest BCUT2D eigenvalue weighted by atomic mass is 9.91. The molecule has 13 heteroatoms. The molecule has 2 saturated heterocycles. The van der Waals surface area contributed by atoms with Crippen molar-refractivity contribution < 1.29 is 43.6 Å². The summed E-state index contributed by atoms with van der Waals surface area (Å²) in [6.45, 7) is 3.70. The Bertz CT molecular complexity index is 1180. The quantitative estimate of drug-likeness (QED) is 0.130. The molecule has 6 atom stereocenters. The molecular weight excluding hydrogens is 572 g/mol. The van der Waals surface area contributed by atoms with Gasteiger partial charge in [0.2, 0.25) is 17.7 Å². The predicted octanol–water partition coefficient (Wildman–Crippen LogP) is -0.246. The molecule has 2 heterocycles. The van der Waals surface area contributed by atoms with Gasteiger partial charge in [-0.25, -0.2) is 0 Å². The van der Waals surface area contributed by atoms with Crippen molar-refractivity contribution in [3.63, 3.8) is 0 Å². The average Bonchev–Trinajstić information content (AvgIpc) is 3.88. The van der Waals surface area contributed by atoms with Crippen LogP contribution in [0.2, 0.25) is 0 Å². The summed E-state index contributed by atoms with van der Waals surface area (Å²) in [6, 6.07) is 2.43. The topological polar surface area (TPSA) is 179 Å². The van der Waals surface area contributed by atoms with Gasteiger partial charge in [-0.3, -0.25) is 24.1 Å². The molecule has 13 nitrogen and oxygen atoms in total. The predicted molar refractivity (Wildman–Crippen MR) is 159 cm³/mol. The van der Waals surface area contributed by atoms with Gasteiger partial charge in [-0.15, -0.1) is 0 Å². The number of hydrogen-bond acceptors (Lipinski definition) is 10. The Morgan fingerprint density at radius 3 is 2.27 bits per heavy atom. The molecule has 4 rings (SSSR count). The highest BCUT2D eigenvalue weighted by Gasteiger charge is 2.40. The maximum absolute atomic E-state index is 13.8. The van der Waals surface area contributed by atoms with Crippen LogP contribution in [0, 0.1) is 0 Å². The van der Waals surface area contributed by atoms with Gasteiger partial charge >= 0.3 is 0 Å². The first-order chi connectivity index (χ1) is 21.2. The van der Waals surface area contributed by atoms with E-state index in [4.69, 9.17) is 14.2 Å². The van der Waals surface area contributed by atoms with Gasteiger partial charge < -0.3 is 40.4 Å². The Balaban J connectivity index is 1.52. The van der Waals surface area contributed by atoms with E-state index in [1.165, 1.54) is 14.0 Å². The molecule has 0 aromatic heterocycles. The van der Waals surface area contributed by atoms with Crippen molar-refractivity contribution in [3.05, 3.63) is 41.5 Å². The largest absolute Gasteiger partial charge is 0.497 e. The Morgan fingerprint density at radius 2 is 1.68 bits per heavy atom. The van der Waals surface area contributed by atoms with E-state index >= 15 is 0 Å². The Hall–Kier alpha value is -3.36. The molecular formula is C31H44N4O9. The van der Waals surface area contributed by atoms with Crippen molar-refractivity contribution in [2.75, 3.05) is 46.6 Å². The standard InChI is InChI=1S/C31H44N4O9/c1-19(36)26(33-25(37)17-35-12-14-43-15-13-35)30(40)34-27(28(38)21-8-10-22(42-2)11-9-21)31(41)32-23(29(39)24-18-44-24)16-20-6-4-3-5-7-20/h6,8-11,19,23-24,26-28,36,38H,3-5,7,12-18H2,1-2H3,(H,32,41)(H,33,37)(H,34,40)/t19-,23+,24-,26+,27+,28-/m1/s1. The van der Waals surface area contributed by atoms with Crippen LogP contribution in [0.5, 0.6) is 5.75 Å². The van der Waals surface area contributed by atoms with Crippen LogP contribution < -0.4 is 20.7 Å². The first-order valence-electron chi connectivity index (χ1n) is 15.2. The molecule has 2 aliphatic heterocycles. The minimum absolute atomic E-state index is 0.00112.